The van der Waals surface area contributed by atoms with Crippen LogP contribution in [0.25, 0.3) is 0 Å². The molecule has 0 amide bonds. The molecule has 29 heavy (non-hydrogen) atoms. The lowest BCUT2D eigenvalue weighted by atomic mass is 9.94. The quantitative estimate of drug-likeness (QED) is 0.689. The molecule has 0 radical (unpaired) electrons. The third-order valence-corrected chi connectivity index (χ3v) is 5.75. The summed E-state index contributed by atoms with van der Waals surface area (Å²) < 4.78 is 0. The zero-order valence-corrected chi connectivity index (χ0v) is 17.2. The summed E-state index contributed by atoms with van der Waals surface area (Å²) >= 11 is 0. The molecule has 1 atom stereocenters. The smallest absolute Gasteiger partial charge is 0.225 e. The van der Waals surface area contributed by atoms with E-state index in [2.05, 4.69) is 57.9 Å². The van der Waals surface area contributed by atoms with Gasteiger partial charge in [-0.25, -0.2) is 9.97 Å². The van der Waals surface area contributed by atoms with Gasteiger partial charge in [0.15, 0.2) is 0 Å². The number of aromatic nitrogens is 2. The minimum absolute atomic E-state index is 0.369. The van der Waals surface area contributed by atoms with Gasteiger partial charge in [0.1, 0.15) is 5.78 Å². The summed E-state index contributed by atoms with van der Waals surface area (Å²) in [6.07, 6.45) is 11.2. The van der Waals surface area contributed by atoms with Gasteiger partial charge in [0.25, 0.3) is 0 Å². The number of piperidine rings is 1. The van der Waals surface area contributed by atoms with E-state index >= 15 is 0 Å². The summed E-state index contributed by atoms with van der Waals surface area (Å²) in [5.41, 5.74) is 3.08. The molecule has 4 nitrogen and oxygen atoms in total. The lowest BCUT2D eigenvalue weighted by Gasteiger charge is -2.26. The molecule has 4 rings (SSSR count). The first-order chi connectivity index (χ1) is 14.2. The Bertz CT molecular complexity index is 882. The molecule has 1 aliphatic heterocycles. The van der Waals surface area contributed by atoms with Gasteiger partial charge in [-0.2, -0.15) is 0 Å². The third-order valence-electron chi connectivity index (χ3n) is 5.75. The number of hydrogen-bond acceptors (Lipinski definition) is 4. The van der Waals surface area contributed by atoms with Gasteiger partial charge >= 0.3 is 0 Å². The molecule has 0 spiro atoms. The average molecular weight is 388 g/mol. The number of carbonyl (C=O) groups is 1. The van der Waals surface area contributed by atoms with Crippen molar-refractivity contribution in [3.05, 3.63) is 53.3 Å². The van der Waals surface area contributed by atoms with Crippen molar-refractivity contribution in [3.63, 3.8) is 0 Å². The molecule has 1 saturated carbocycles. The van der Waals surface area contributed by atoms with E-state index in [0.717, 1.165) is 49.4 Å². The highest BCUT2D eigenvalue weighted by molar-refractivity contribution is 5.83. The Hall–Kier alpha value is -2.67. The Labute approximate surface area is 173 Å². The first-order valence-electron chi connectivity index (χ1n) is 10.9. The minimum atomic E-state index is 0.369. The van der Waals surface area contributed by atoms with Crippen LogP contribution in [0.4, 0.5) is 5.95 Å². The predicted octanol–water partition coefficient (Wildman–Crippen LogP) is 4.41. The molecule has 1 aromatic carbocycles. The van der Waals surface area contributed by atoms with Crippen molar-refractivity contribution >= 4 is 11.7 Å². The minimum Gasteiger partial charge on any atom is -0.341 e. The molecule has 2 fully saturated rings. The number of carbonyl (C=O) groups excluding carboxylic acids is 1. The van der Waals surface area contributed by atoms with Crippen molar-refractivity contribution < 1.29 is 4.79 Å². The van der Waals surface area contributed by atoms with Crippen LogP contribution in [0.1, 0.15) is 62.1 Å². The number of anilines is 1. The van der Waals surface area contributed by atoms with Gasteiger partial charge in [0.2, 0.25) is 5.95 Å². The van der Waals surface area contributed by atoms with E-state index in [1.165, 1.54) is 24.8 Å². The molecule has 2 aromatic rings. The highest BCUT2D eigenvalue weighted by Crippen LogP contribution is 2.32. The Morgan fingerprint density at radius 3 is 2.34 bits per heavy atom. The highest BCUT2D eigenvalue weighted by atomic mass is 16.1. The van der Waals surface area contributed by atoms with E-state index in [1.807, 2.05) is 12.4 Å². The Morgan fingerprint density at radius 2 is 1.69 bits per heavy atom. The second kappa shape index (κ2) is 9.22. The zero-order valence-electron chi connectivity index (χ0n) is 17.2. The van der Waals surface area contributed by atoms with Crippen molar-refractivity contribution in [2.75, 3.05) is 18.0 Å². The first kappa shape index (κ1) is 19.6. The van der Waals surface area contributed by atoms with E-state index in [4.69, 9.17) is 0 Å². The molecule has 1 unspecified atom stereocenters. The van der Waals surface area contributed by atoms with Crippen LogP contribution in [0.15, 0.2) is 36.7 Å². The van der Waals surface area contributed by atoms with Crippen molar-refractivity contribution in [3.8, 4) is 11.8 Å². The first-order valence-corrected chi connectivity index (χ1v) is 10.9. The molecule has 150 valence electrons. The number of nitrogens with zero attached hydrogens (tertiary/aromatic N) is 3. The second-order valence-corrected chi connectivity index (χ2v) is 8.52. The molecular weight excluding hydrogens is 358 g/mol. The van der Waals surface area contributed by atoms with Crippen LogP contribution in [-0.2, 0) is 11.2 Å². The second-order valence-electron chi connectivity index (χ2n) is 8.52. The fraction of sp³-hybridized carbons (Fsp3) is 0.480. The number of hydrogen-bond donors (Lipinski definition) is 0. The number of Topliss-reactive ketones (excluding diaryl/α,β-unsaturated/α-hetero) is 1. The van der Waals surface area contributed by atoms with Crippen molar-refractivity contribution in [1.29, 1.82) is 0 Å². The van der Waals surface area contributed by atoms with E-state index < -0.39 is 0 Å². The molecule has 1 aromatic heterocycles. The summed E-state index contributed by atoms with van der Waals surface area (Å²) in [4.78, 5) is 23.2. The van der Waals surface area contributed by atoms with Crippen LogP contribution in [0.2, 0.25) is 0 Å². The van der Waals surface area contributed by atoms with Crippen LogP contribution in [0.5, 0.6) is 0 Å². The Morgan fingerprint density at radius 1 is 1.03 bits per heavy atom. The monoisotopic (exact) mass is 387 g/mol. The summed E-state index contributed by atoms with van der Waals surface area (Å²) in [6, 6.07) is 8.36. The number of ketones is 1. The topological polar surface area (TPSA) is 46.1 Å². The van der Waals surface area contributed by atoms with Gasteiger partial charge in [-0.15, -0.1) is 0 Å². The van der Waals surface area contributed by atoms with Crippen LogP contribution < -0.4 is 4.90 Å². The molecule has 0 bridgehead atoms. The number of benzene rings is 1. The maximum atomic E-state index is 12.0. The number of rotatable bonds is 6. The van der Waals surface area contributed by atoms with Gasteiger partial charge in [-0.05, 0) is 62.1 Å². The Balaban J connectivity index is 1.31. The highest BCUT2D eigenvalue weighted by Gasteiger charge is 2.29. The molecule has 2 heterocycles. The van der Waals surface area contributed by atoms with Crippen molar-refractivity contribution in [1.82, 2.24) is 9.97 Å². The van der Waals surface area contributed by atoms with Gasteiger partial charge < -0.3 is 4.90 Å². The van der Waals surface area contributed by atoms with Crippen LogP contribution in [0.3, 0.4) is 0 Å². The predicted molar refractivity (Wildman–Crippen MR) is 116 cm³/mol. The molecule has 1 saturated heterocycles. The fourth-order valence-electron chi connectivity index (χ4n) is 3.90. The molecular formula is C25H29N3O. The SMILES string of the molecule is CC(CC(=O)C1CC1)Cc1ccc(C#Cc2cnc(N3CCCCC3)nc2)cc1. The van der Waals surface area contributed by atoms with Crippen molar-refractivity contribution in [2.45, 2.75) is 51.9 Å². The van der Waals surface area contributed by atoms with E-state index in [9.17, 15) is 4.79 Å². The lowest BCUT2D eigenvalue weighted by molar-refractivity contribution is -0.121. The third kappa shape index (κ3) is 5.67. The average Bonchev–Trinajstić information content (AvgIpc) is 3.60. The molecule has 2 aliphatic rings. The van der Waals surface area contributed by atoms with Gasteiger partial charge in [-0.1, -0.05) is 30.9 Å². The maximum Gasteiger partial charge on any atom is 0.225 e. The molecule has 0 N–H and O–H groups in total. The summed E-state index contributed by atoms with van der Waals surface area (Å²) in [5.74, 6) is 8.39. The molecule has 4 heteroatoms. The van der Waals surface area contributed by atoms with E-state index in [0.29, 0.717) is 24.0 Å². The Kier molecular flexibility index (Phi) is 6.24. The van der Waals surface area contributed by atoms with Crippen LogP contribution >= 0.6 is 0 Å². The summed E-state index contributed by atoms with van der Waals surface area (Å²) in [6.45, 7) is 4.26. The van der Waals surface area contributed by atoms with Crippen LogP contribution in [0, 0.1) is 23.7 Å². The summed E-state index contributed by atoms with van der Waals surface area (Å²) in [7, 11) is 0. The maximum absolute atomic E-state index is 12.0. The van der Waals surface area contributed by atoms with Gasteiger partial charge in [0, 0.05) is 43.4 Å². The lowest BCUT2D eigenvalue weighted by Crippen LogP contribution is -2.30. The zero-order chi connectivity index (χ0) is 20.1. The van der Waals surface area contributed by atoms with Crippen LogP contribution in [-0.4, -0.2) is 28.8 Å². The van der Waals surface area contributed by atoms with Crippen molar-refractivity contribution in [2.24, 2.45) is 11.8 Å². The largest absolute Gasteiger partial charge is 0.341 e. The van der Waals surface area contributed by atoms with E-state index in [-0.39, 0.29) is 0 Å². The van der Waals surface area contributed by atoms with Gasteiger partial charge in [-0.3, -0.25) is 4.79 Å². The molecule has 1 aliphatic carbocycles. The normalized spacial score (nSPS) is 17.3. The fourth-order valence-corrected chi connectivity index (χ4v) is 3.90. The van der Waals surface area contributed by atoms with E-state index in [1.54, 1.807) is 0 Å². The standard InChI is InChI=1S/C25H29N3O/c1-19(16-24(29)23-11-12-23)15-21-8-5-20(6-9-21)7-10-22-17-26-25(27-18-22)28-13-3-2-4-14-28/h5-6,8-9,17-19,23H,2-4,11-16H2,1H3. The summed E-state index contributed by atoms with van der Waals surface area (Å²) in [5, 5.41) is 0. The van der Waals surface area contributed by atoms with Gasteiger partial charge in [0.05, 0.1) is 5.56 Å².